The summed E-state index contributed by atoms with van der Waals surface area (Å²) in [5.41, 5.74) is 1.56. The van der Waals surface area contributed by atoms with Crippen LogP contribution < -0.4 is 15.0 Å². The fraction of sp³-hybridized carbons (Fsp3) is 0.316. The van der Waals surface area contributed by atoms with Crippen LogP contribution in [-0.2, 0) is 16.1 Å². The Bertz CT molecular complexity index is 795. The molecule has 2 amide bonds. The number of aromatic nitrogens is 1. The molecule has 1 aliphatic rings. The summed E-state index contributed by atoms with van der Waals surface area (Å²) in [6, 6.07) is 10.9. The Kier molecular flexibility index (Phi) is 5.73. The van der Waals surface area contributed by atoms with Gasteiger partial charge in [0.25, 0.3) is 0 Å². The van der Waals surface area contributed by atoms with Gasteiger partial charge in [0.15, 0.2) is 0 Å². The molecular weight excluding hydrogens is 354 g/mol. The maximum atomic E-state index is 12.5. The first-order chi connectivity index (χ1) is 12.6. The third-order valence-electron chi connectivity index (χ3n) is 4.21. The van der Waals surface area contributed by atoms with E-state index in [0.717, 1.165) is 5.56 Å². The van der Waals surface area contributed by atoms with Crippen molar-refractivity contribution < 1.29 is 14.3 Å². The monoisotopic (exact) mass is 373 g/mol. The number of hydrogen-bond donors (Lipinski definition) is 1. The molecule has 0 radical (unpaired) electrons. The van der Waals surface area contributed by atoms with Gasteiger partial charge in [0.2, 0.25) is 11.8 Å². The molecular formula is C19H20ClN3O3. The number of ether oxygens (including phenoxy) is 1. The Morgan fingerprint density at radius 3 is 2.88 bits per heavy atom. The van der Waals surface area contributed by atoms with Crippen molar-refractivity contribution in [3.8, 4) is 5.75 Å². The highest BCUT2D eigenvalue weighted by molar-refractivity contribution is 6.29. The summed E-state index contributed by atoms with van der Waals surface area (Å²) in [5, 5.41) is 3.27. The third kappa shape index (κ3) is 4.14. The van der Waals surface area contributed by atoms with E-state index in [4.69, 9.17) is 16.3 Å². The van der Waals surface area contributed by atoms with Gasteiger partial charge in [0.1, 0.15) is 10.9 Å². The second-order valence-electron chi connectivity index (χ2n) is 6.01. The molecule has 7 heteroatoms. The lowest BCUT2D eigenvalue weighted by molar-refractivity contribution is -0.126. The molecule has 1 unspecified atom stereocenters. The number of halogens is 1. The molecule has 3 rings (SSSR count). The molecule has 26 heavy (non-hydrogen) atoms. The smallest absolute Gasteiger partial charge is 0.227 e. The Labute approximate surface area is 157 Å². The molecule has 1 fully saturated rings. The first-order valence-corrected chi connectivity index (χ1v) is 8.86. The van der Waals surface area contributed by atoms with Crippen LogP contribution in [0.2, 0.25) is 5.15 Å². The van der Waals surface area contributed by atoms with Crippen molar-refractivity contribution >= 4 is 29.1 Å². The van der Waals surface area contributed by atoms with E-state index in [-0.39, 0.29) is 18.2 Å². The van der Waals surface area contributed by atoms with Crippen LogP contribution in [0, 0.1) is 5.92 Å². The van der Waals surface area contributed by atoms with Crippen LogP contribution in [0.1, 0.15) is 18.9 Å². The SMILES string of the molecule is CCOc1ccccc1N1CC(C(=O)NCc2ccc(Cl)nc2)CC1=O. The molecule has 0 spiro atoms. The molecule has 1 aromatic carbocycles. The third-order valence-corrected chi connectivity index (χ3v) is 4.43. The maximum Gasteiger partial charge on any atom is 0.227 e. The molecule has 0 saturated carbocycles. The summed E-state index contributed by atoms with van der Waals surface area (Å²) in [6.07, 6.45) is 1.80. The second-order valence-corrected chi connectivity index (χ2v) is 6.40. The lowest BCUT2D eigenvalue weighted by Gasteiger charge is -2.20. The minimum Gasteiger partial charge on any atom is -0.492 e. The van der Waals surface area contributed by atoms with Gasteiger partial charge in [-0.15, -0.1) is 0 Å². The lowest BCUT2D eigenvalue weighted by atomic mass is 10.1. The number of nitrogens with one attached hydrogen (secondary N) is 1. The predicted molar refractivity (Wildman–Crippen MR) is 99.2 cm³/mol. The maximum absolute atomic E-state index is 12.5. The highest BCUT2D eigenvalue weighted by atomic mass is 35.5. The van der Waals surface area contributed by atoms with E-state index in [2.05, 4.69) is 10.3 Å². The molecule has 1 aromatic heterocycles. The van der Waals surface area contributed by atoms with Gasteiger partial charge in [-0.2, -0.15) is 0 Å². The topological polar surface area (TPSA) is 71.5 Å². The van der Waals surface area contributed by atoms with E-state index in [1.165, 1.54) is 0 Å². The first-order valence-electron chi connectivity index (χ1n) is 8.48. The molecule has 0 bridgehead atoms. The van der Waals surface area contributed by atoms with Crippen LogP contribution in [0.3, 0.4) is 0 Å². The quantitative estimate of drug-likeness (QED) is 0.790. The van der Waals surface area contributed by atoms with Crippen molar-refractivity contribution in [3.63, 3.8) is 0 Å². The molecule has 1 atom stereocenters. The number of carbonyl (C=O) groups excluding carboxylic acids is 2. The largest absolute Gasteiger partial charge is 0.492 e. The minimum absolute atomic E-state index is 0.0783. The van der Waals surface area contributed by atoms with Gasteiger partial charge in [-0.25, -0.2) is 4.98 Å². The van der Waals surface area contributed by atoms with E-state index < -0.39 is 5.92 Å². The van der Waals surface area contributed by atoms with Crippen LogP contribution in [-0.4, -0.2) is 29.9 Å². The van der Waals surface area contributed by atoms with Crippen LogP contribution in [0.5, 0.6) is 5.75 Å². The fourth-order valence-electron chi connectivity index (χ4n) is 2.92. The predicted octanol–water partition coefficient (Wildman–Crippen LogP) is 2.80. The Balaban J connectivity index is 1.64. The van der Waals surface area contributed by atoms with Crippen molar-refractivity contribution in [2.45, 2.75) is 19.9 Å². The average molecular weight is 374 g/mol. The van der Waals surface area contributed by atoms with Crippen LogP contribution in [0.4, 0.5) is 5.69 Å². The summed E-state index contributed by atoms with van der Waals surface area (Å²) < 4.78 is 5.60. The number of pyridine rings is 1. The number of para-hydroxylation sites is 2. The number of benzene rings is 1. The van der Waals surface area contributed by atoms with Crippen molar-refractivity contribution in [1.29, 1.82) is 0 Å². The first kappa shape index (κ1) is 18.2. The van der Waals surface area contributed by atoms with Crippen LogP contribution >= 0.6 is 11.6 Å². The lowest BCUT2D eigenvalue weighted by Crippen LogP contribution is -2.32. The molecule has 2 heterocycles. The Morgan fingerprint density at radius 2 is 2.15 bits per heavy atom. The number of amides is 2. The van der Waals surface area contributed by atoms with E-state index >= 15 is 0 Å². The van der Waals surface area contributed by atoms with Gasteiger partial charge >= 0.3 is 0 Å². The van der Waals surface area contributed by atoms with Gasteiger partial charge in [0.05, 0.1) is 18.2 Å². The molecule has 1 N–H and O–H groups in total. The van der Waals surface area contributed by atoms with Crippen LogP contribution in [0.25, 0.3) is 0 Å². The summed E-state index contributed by atoms with van der Waals surface area (Å²) in [6.45, 7) is 3.10. The second kappa shape index (κ2) is 8.19. The average Bonchev–Trinajstić information content (AvgIpc) is 3.03. The van der Waals surface area contributed by atoms with Crippen LogP contribution in [0.15, 0.2) is 42.6 Å². The summed E-state index contributed by atoms with van der Waals surface area (Å²) in [7, 11) is 0. The van der Waals surface area contributed by atoms with E-state index in [1.807, 2.05) is 31.2 Å². The summed E-state index contributed by atoms with van der Waals surface area (Å²) in [4.78, 5) is 30.5. The number of hydrogen-bond acceptors (Lipinski definition) is 4. The number of carbonyl (C=O) groups is 2. The normalized spacial score (nSPS) is 16.6. The van der Waals surface area contributed by atoms with Gasteiger partial charge in [0, 0.05) is 25.7 Å². The molecule has 136 valence electrons. The Morgan fingerprint density at radius 1 is 1.35 bits per heavy atom. The number of rotatable bonds is 6. The molecule has 6 nitrogen and oxygen atoms in total. The minimum atomic E-state index is -0.391. The van der Waals surface area contributed by atoms with Gasteiger partial charge in [-0.3, -0.25) is 9.59 Å². The van der Waals surface area contributed by atoms with Crippen molar-refractivity contribution in [2.75, 3.05) is 18.1 Å². The number of anilines is 1. The van der Waals surface area contributed by atoms with Gasteiger partial charge in [-0.05, 0) is 30.7 Å². The highest BCUT2D eigenvalue weighted by Gasteiger charge is 2.36. The highest BCUT2D eigenvalue weighted by Crippen LogP contribution is 2.33. The molecule has 1 aliphatic heterocycles. The Hall–Kier alpha value is -2.60. The standard InChI is InChI=1S/C19H20ClN3O3/c1-2-26-16-6-4-3-5-15(16)23-12-14(9-18(23)24)19(25)22-11-13-7-8-17(20)21-10-13/h3-8,10,14H,2,9,11-12H2,1H3,(H,22,25). The zero-order valence-electron chi connectivity index (χ0n) is 14.4. The molecule has 1 saturated heterocycles. The zero-order valence-corrected chi connectivity index (χ0v) is 15.2. The van der Waals surface area contributed by atoms with E-state index in [9.17, 15) is 9.59 Å². The molecule has 2 aromatic rings. The summed E-state index contributed by atoms with van der Waals surface area (Å²) >= 11 is 5.75. The van der Waals surface area contributed by atoms with Gasteiger partial charge in [-0.1, -0.05) is 29.8 Å². The van der Waals surface area contributed by atoms with Crippen molar-refractivity contribution in [1.82, 2.24) is 10.3 Å². The molecule has 0 aliphatic carbocycles. The van der Waals surface area contributed by atoms with E-state index in [0.29, 0.717) is 36.3 Å². The van der Waals surface area contributed by atoms with E-state index in [1.54, 1.807) is 23.2 Å². The van der Waals surface area contributed by atoms with Gasteiger partial charge < -0.3 is 15.0 Å². The van der Waals surface area contributed by atoms with Crippen molar-refractivity contribution in [3.05, 3.63) is 53.3 Å². The summed E-state index contributed by atoms with van der Waals surface area (Å²) in [5.74, 6) is 0.0317. The fourth-order valence-corrected chi connectivity index (χ4v) is 3.03. The number of nitrogens with zero attached hydrogens (tertiary/aromatic N) is 2. The zero-order chi connectivity index (χ0) is 18.5. The van der Waals surface area contributed by atoms with Crippen molar-refractivity contribution in [2.24, 2.45) is 5.92 Å².